The van der Waals surface area contributed by atoms with Gasteiger partial charge in [0, 0.05) is 6.54 Å². The minimum absolute atomic E-state index is 0.0337. The number of aryl methyl sites for hydroxylation is 1. The smallest absolute Gasteiger partial charge is 0.268 e. The van der Waals surface area contributed by atoms with E-state index >= 15 is 0 Å². The van der Waals surface area contributed by atoms with Crippen LogP contribution >= 0.6 is 11.6 Å². The van der Waals surface area contributed by atoms with Crippen LogP contribution in [-0.4, -0.2) is 41.6 Å². The standard InChI is InChI=1S/C21H27ClN2O5S/c1-14(2)12-23-21(25)13-24(16-7-9-18(28-4)17(22)11-16)30(26,27)20-10-15(3)6-8-19(20)29-5/h6-11,14H,12-13H2,1-5H3,(H,23,25). The number of anilines is 1. The molecule has 0 spiro atoms. The second-order valence-electron chi connectivity index (χ2n) is 7.18. The SMILES string of the molecule is COc1ccc(N(CC(=O)NCC(C)C)S(=O)(=O)c2cc(C)ccc2OC)cc1Cl. The van der Waals surface area contributed by atoms with Crippen LogP contribution in [0.1, 0.15) is 19.4 Å². The third-order valence-corrected chi connectivity index (χ3v) is 6.40. The van der Waals surface area contributed by atoms with Gasteiger partial charge in [-0.1, -0.05) is 31.5 Å². The van der Waals surface area contributed by atoms with Gasteiger partial charge in [-0.25, -0.2) is 8.42 Å². The summed E-state index contributed by atoms with van der Waals surface area (Å²) in [5, 5.41) is 2.98. The summed E-state index contributed by atoms with van der Waals surface area (Å²) in [4.78, 5) is 12.5. The van der Waals surface area contributed by atoms with Gasteiger partial charge in [-0.05, 0) is 48.7 Å². The number of sulfonamides is 1. The molecule has 0 saturated heterocycles. The van der Waals surface area contributed by atoms with Crippen LogP contribution in [0.15, 0.2) is 41.3 Å². The van der Waals surface area contributed by atoms with Gasteiger partial charge in [0.15, 0.2) is 0 Å². The highest BCUT2D eigenvalue weighted by Crippen LogP contribution is 2.34. The average Bonchev–Trinajstić information content (AvgIpc) is 2.70. The number of hydrogen-bond donors (Lipinski definition) is 1. The van der Waals surface area contributed by atoms with E-state index in [0.29, 0.717) is 12.3 Å². The Bertz CT molecular complexity index is 1010. The topological polar surface area (TPSA) is 84.9 Å². The lowest BCUT2D eigenvalue weighted by Crippen LogP contribution is -2.42. The molecule has 2 aromatic rings. The third kappa shape index (κ3) is 5.58. The quantitative estimate of drug-likeness (QED) is 0.625. The van der Waals surface area contributed by atoms with E-state index in [0.717, 1.165) is 9.87 Å². The number of nitrogens with one attached hydrogen (secondary N) is 1. The molecular weight excluding hydrogens is 428 g/mol. The number of rotatable bonds is 9. The van der Waals surface area contributed by atoms with Crippen molar-refractivity contribution in [2.45, 2.75) is 25.7 Å². The van der Waals surface area contributed by atoms with Gasteiger partial charge in [-0.15, -0.1) is 0 Å². The highest BCUT2D eigenvalue weighted by molar-refractivity contribution is 7.93. The van der Waals surface area contributed by atoms with Gasteiger partial charge in [0.1, 0.15) is 22.9 Å². The molecule has 0 bridgehead atoms. The molecule has 0 aliphatic heterocycles. The summed E-state index contributed by atoms with van der Waals surface area (Å²) in [5.41, 5.74) is 0.982. The molecule has 164 valence electrons. The predicted molar refractivity (Wildman–Crippen MR) is 118 cm³/mol. The minimum Gasteiger partial charge on any atom is -0.495 e. The molecule has 2 rings (SSSR count). The van der Waals surface area contributed by atoms with Crippen molar-refractivity contribution in [1.29, 1.82) is 0 Å². The average molecular weight is 455 g/mol. The molecular formula is C21H27ClN2O5S. The molecule has 30 heavy (non-hydrogen) atoms. The second-order valence-corrected chi connectivity index (χ2v) is 9.42. The number of nitrogens with zero attached hydrogens (tertiary/aromatic N) is 1. The Morgan fingerprint density at radius 3 is 2.30 bits per heavy atom. The maximum Gasteiger partial charge on any atom is 0.268 e. The molecule has 0 saturated carbocycles. The van der Waals surface area contributed by atoms with Crippen LogP contribution in [0.3, 0.4) is 0 Å². The van der Waals surface area contributed by atoms with Crippen molar-refractivity contribution >= 4 is 33.2 Å². The van der Waals surface area contributed by atoms with Crippen LogP contribution in [0.25, 0.3) is 0 Å². The Hall–Kier alpha value is -2.45. The Morgan fingerprint density at radius 2 is 1.73 bits per heavy atom. The molecule has 0 heterocycles. The zero-order chi connectivity index (χ0) is 22.5. The van der Waals surface area contributed by atoms with Gasteiger partial charge < -0.3 is 14.8 Å². The minimum atomic E-state index is -4.14. The number of methoxy groups -OCH3 is 2. The van der Waals surface area contributed by atoms with Crippen LogP contribution in [-0.2, 0) is 14.8 Å². The normalized spacial score (nSPS) is 11.3. The lowest BCUT2D eigenvalue weighted by molar-refractivity contribution is -0.119. The maximum absolute atomic E-state index is 13.6. The highest BCUT2D eigenvalue weighted by Gasteiger charge is 2.30. The third-order valence-electron chi connectivity index (χ3n) is 4.31. The molecule has 0 aliphatic rings. The zero-order valence-corrected chi connectivity index (χ0v) is 19.3. The Kier molecular flexibility index (Phi) is 7.97. The van der Waals surface area contributed by atoms with Gasteiger partial charge in [-0.2, -0.15) is 0 Å². The van der Waals surface area contributed by atoms with Crippen LogP contribution < -0.4 is 19.1 Å². The largest absolute Gasteiger partial charge is 0.495 e. The molecule has 9 heteroatoms. The van der Waals surface area contributed by atoms with E-state index in [9.17, 15) is 13.2 Å². The Labute approximate surface area is 183 Å². The van der Waals surface area contributed by atoms with Crippen molar-refractivity contribution in [2.24, 2.45) is 5.92 Å². The Morgan fingerprint density at radius 1 is 1.10 bits per heavy atom. The lowest BCUT2D eigenvalue weighted by atomic mass is 10.2. The summed E-state index contributed by atoms with van der Waals surface area (Å²) < 4.78 is 38.6. The molecule has 0 aromatic heterocycles. The van der Waals surface area contributed by atoms with Crippen LogP contribution in [0.2, 0.25) is 5.02 Å². The molecule has 1 amide bonds. The monoisotopic (exact) mass is 454 g/mol. The summed E-state index contributed by atoms with van der Waals surface area (Å²) in [5.74, 6) is 0.389. The van der Waals surface area contributed by atoms with E-state index < -0.39 is 22.5 Å². The fraction of sp³-hybridized carbons (Fsp3) is 0.381. The van der Waals surface area contributed by atoms with Crippen molar-refractivity contribution in [2.75, 3.05) is 31.6 Å². The van der Waals surface area contributed by atoms with E-state index in [2.05, 4.69) is 5.32 Å². The number of halogens is 1. The molecule has 1 N–H and O–H groups in total. The fourth-order valence-corrected chi connectivity index (χ4v) is 4.64. The molecule has 0 fully saturated rings. The number of hydrogen-bond acceptors (Lipinski definition) is 5. The summed E-state index contributed by atoms with van der Waals surface area (Å²) in [7, 11) is -1.28. The van der Waals surface area contributed by atoms with E-state index in [-0.39, 0.29) is 27.3 Å². The molecule has 0 unspecified atom stereocenters. The fourth-order valence-electron chi connectivity index (χ4n) is 2.73. The molecule has 0 atom stereocenters. The van der Waals surface area contributed by atoms with Crippen molar-refractivity contribution in [1.82, 2.24) is 5.32 Å². The van der Waals surface area contributed by atoms with Gasteiger partial charge in [0.25, 0.3) is 10.0 Å². The van der Waals surface area contributed by atoms with E-state index in [1.165, 1.54) is 26.4 Å². The molecule has 2 aromatic carbocycles. The lowest BCUT2D eigenvalue weighted by Gasteiger charge is -2.25. The van der Waals surface area contributed by atoms with Gasteiger partial charge in [0.05, 0.1) is 24.9 Å². The first kappa shape index (κ1) is 23.8. The second kappa shape index (κ2) is 10.0. The predicted octanol–water partition coefficient (Wildman–Crippen LogP) is 3.63. The molecule has 0 radical (unpaired) electrons. The molecule has 0 aliphatic carbocycles. The summed E-state index contributed by atoms with van der Waals surface area (Å²) in [6.07, 6.45) is 0. The van der Waals surface area contributed by atoms with Crippen molar-refractivity contribution < 1.29 is 22.7 Å². The van der Waals surface area contributed by atoms with Crippen LogP contribution in [0, 0.1) is 12.8 Å². The number of ether oxygens (including phenoxy) is 2. The Balaban J connectivity index is 2.56. The maximum atomic E-state index is 13.6. The van der Waals surface area contributed by atoms with E-state index in [4.69, 9.17) is 21.1 Å². The first-order chi connectivity index (χ1) is 14.1. The number of amides is 1. The van der Waals surface area contributed by atoms with E-state index in [1.54, 1.807) is 31.2 Å². The highest BCUT2D eigenvalue weighted by atomic mass is 35.5. The molecule has 7 nitrogen and oxygen atoms in total. The zero-order valence-electron chi connectivity index (χ0n) is 17.7. The summed E-state index contributed by atoms with van der Waals surface area (Å²) in [6.45, 7) is 5.71. The summed E-state index contributed by atoms with van der Waals surface area (Å²) >= 11 is 6.22. The summed E-state index contributed by atoms with van der Waals surface area (Å²) in [6, 6.07) is 9.40. The van der Waals surface area contributed by atoms with Crippen molar-refractivity contribution in [3.8, 4) is 11.5 Å². The number of carbonyl (C=O) groups excluding carboxylic acids is 1. The first-order valence-electron chi connectivity index (χ1n) is 9.37. The number of carbonyl (C=O) groups is 1. The first-order valence-corrected chi connectivity index (χ1v) is 11.2. The van der Waals surface area contributed by atoms with Crippen LogP contribution in [0.4, 0.5) is 5.69 Å². The number of benzene rings is 2. The van der Waals surface area contributed by atoms with Crippen molar-refractivity contribution in [3.63, 3.8) is 0 Å². The van der Waals surface area contributed by atoms with Gasteiger partial charge in [0.2, 0.25) is 5.91 Å². The van der Waals surface area contributed by atoms with Crippen LogP contribution in [0.5, 0.6) is 11.5 Å². The van der Waals surface area contributed by atoms with E-state index in [1.807, 2.05) is 13.8 Å². The van der Waals surface area contributed by atoms with Crippen molar-refractivity contribution in [3.05, 3.63) is 47.0 Å². The van der Waals surface area contributed by atoms with Gasteiger partial charge >= 0.3 is 0 Å². The van der Waals surface area contributed by atoms with Gasteiger partial charge in [-0.3, -0.25) is 9.10 Å².